The highest BCUT2D eigenvalue weighted by Gasteiger charge is 2.33. The average molecular weight is 385 g/mol. The fraction of sp³-hybridized carbons (Fsp3) is 0.476. The van der Waals surface area contributed by atoms with Crippen molar-refractivity contribution in [2.45, 2.75) is 39.7 Å². The number of hydrogen-bond acceptors (Lipinski definition) is 6. The summed E-state index contributed by atoms with van der Waals surface area (Å²) in [5.41, 5.74) is -0.165. The summed E-state index contributed by atoms with van der Waals surface area (Å²) >= 11 is 0. The Morgan fingerprint density at radius 1 is 1.32 bits per heavy atom. The second-order valence-corrected chi connectivity index (χ2v) is 8.28. The van der Waals surface area contributed by atoms with E-state index in [2.05, 4.69) is 9.88 Å². The minimum absolute atomic E-state index is 0.0620. The van der Waals surface area contributed by atoms with Gasteiger partial charge in [0.25, 0.3) is 5.56 Å². The third kappa shape index (κ3) is 4.52. The second-order valence-electron chi connectivity index (χ2n) is 8.28. The molecule has 28 heavy (non-hydrogen) atoms. The molecular weight excluding hydrogens is 358 g/mol. The van der Waals surface area contributed by atoms with Gasteiger partial charge in [0.15, 0.2) is 0 Å². The molecule has 0 amide bonds. The molecule has 0 aromatic carbocycles. The van der Waals surface area contributed by atoms with Gasteiger partial charge < -0.3 is 14.7 Å². The molecule has 7 nitrogen and oxygen atoms in total. The van der Waals surface area contributed by atoms with E-state index in [-0.39, 0.29) is 29.1 Å². The van der Waals surface area contributed by atoms with Crippen LogP contribution in [0.4, 0.5) is 5.82 Å². The normalized spacial score (nSPS) is 18.1. The number of carbonyl (C=O) groups excluding carboxylic acids is 1. The van der Waals surface area contributed by atoms with Crippen LogP contribution in [-0.2, 0) is 9.53 Å². The molecule has 2 aromatic heterocycles. The van der Waals surface area contributed by atoms with Gasteiger partial charge in [0, 0.05) is 25.4 Å². The fourth-order valence-corrected chi connectivity index (χ4v) is 3.38. The number of carbonyl (C=O) groups is 1. The summed E-state index contributed by atoms with van der Waals surface area (Å²) in [6.07, 6.45) is 4.06. The minimum Gasteiger partial charge on any atom is -0.508 e. The predicted molar refractivity (Wildman–Crippen MR) is 107 cm³/mol. The lowest BCUT2D eigenvalue weighted by molar-refractivity contribution is -0.161. The second kappa shape index (κ2) is 7.66. The van der Waals surface area contributed by atoms with Crippen LogP contribution in [0.25, 0.3) is 5.69 Å². The molecule has 0 spiro atoms. The Hall–Kier alpha value is -2.83. The van der Waals surface area contributed by atoms with Crippen LogP contribution in [-0.4, -0.2) is 39.3 Å². The number of aromatic nitrogens is 2. The van der Waals surface area contributed by atoms with Crippen molar-refractivity contribution in [3.63, 3.8) is 0 Å². The lowest BCUT2D eigenvalue weighted by atomic mass is 9.93. The summed E-state index contributed by atoms with van der Waals surface area (Å²) in [4.78, 5) is 31.0. The molecule has 3 heterocycles. The van der Waals surface area contributed by atoms with E-state index in [0.29, 0.717) is 5.69 Å². The van der Waals surface area contributed by atoms with Gasteiger partial charge in [-0.05, 0) is 51.3 Å². The Bertz CT molecular complexity index is 899. The van der Waals surface area contributed by atoms with Gasteiger partial charge in [-0.2, -0.15) is 0 Å². The quantitative estimate of drug-likeness (QED) is 0.815. The van der Waals surface area contributed by atoms with Crippen LogP contribution in [0.1, 0.15) is 34.1 Å². The highest BCUT2D eigenvalue weighted by Crippen LogP contribution is 2.29. The maximum Gasteiger partial charge on any atom is 0.309 e. The predicted octanol–water partition coefficient (Wildman–Crippen LogP) is 2.74. The first-order valence-electron chi connectivity index (χ1n) is 9.50. The zero-order chi connectivity index (χ0) is 20.5. The molecule has 0 aliphatic carbocycles. The number of aromatic hydroxyl groups is 1. The molecule has 1 N–H and O–H groups in total. The molecule has 1 fully saturated rings. The van der Waals surface area contributed by atoms with Crippen LogP contribution in [0.3, 0.4) is 0 Å². The van der Waals surface area contributed by atoms with Crippen LogP contribution in [0.5, 0.6) is 5.75 Å². The molecule has 150 valence electrons. The van der Waals surface area contributed by atoms with Crippen molar-refractivity contribution in [3.8, 4) is 11.4 Å². The minimum atomic E-state index is -0.479. The van der Waals surface area contributed by atoms with Crippen LogP contribution < -0.4 is 10.5 Å². The van der Waals surface area contributed by atoms with E-state index in [9.17, 15) is 14.7 Å². The highest BCUT2D eigenvalue weighted by atomic mass is 16.6. The molecule has 1 aliphatic rings. The first kappa shape index (κ1) is 19.9. The molecule has 2 atom stereocenters. The van der Waals surface area contributed by atoms with Gasteiger partial charge in [-0.1, -0.05) is 6.92 Å². The third-order valence-corrected chi connectivity index (χ3v) is 4.95. The molecule has 1 saturated heterocycles. The smallest absolute Gasteiger partial charge is 0.309 e. The van der Waals surface area contributed by atoms with Gasteiger partial charge in [-0.25, -0.2) is 4.98 Å². The van der Waals surface area contributed by atoms with Crippen molar-refractivity contribution in [1.82, 2.24) is 9.55 Å². The lowest BCUT2D eigenvalue weighted by Gasteiger charge is -2.25. The lowest BCUT2D eigenvalue weighted by Crippen LogP contribution is -2.32. The summed E-state index contributed by atoms with van der Waals surface area (Å²) in [6, 6.07) is 6.32. The summed E-state index contributed by atoms with van der Waals surface area (Å²) in [7, 11) is 0. The van der Waals surface area contributed by atoms with Crippen molar-refractivity contribution in [2.75, 3.05) is 18.0 Å². The molecule has 1 aliphatic heterocycles. The van der Waals surface area contributed by atoms with E-state index >= 15 is 0 Å². The maximum absolute atomic E-state index is 12.3. The Morgan fingerprint density at radius 2 is 2.07 bits per heavy atom. The number of rotatable bonds is 4. The van der Waals surface area contributed by atoms with Gasteiger partial charge in [0.2, 0.25) is 0 Å². The SMILES string of the molecule is CC(C(=O)OC(C)(C)C)[C@H]1CCN(c2ccc(-n3ccc(O)cc3=O)cn2)C1. The third-order valence-electron chi connectivity index (χ3n) is 4.95. The Labute approximate surface area is 164 Å². The topological polar surface area (TPSA) is 84.7 Å². The van der Waals surface area contributed by atoms with Crippen molar-refractivity contribution in [2.24, 2.45) is 11.8 Å². The maximum atomic E-state index is 12.3. The summed E-state index contributed by atoms with van der Waals surface area (Å²) in [6.45, 7) is 9.13. The van der Waals surface area contributed by atoms with E-state index in [4.69, 9.17) is 4.74 Å². The molecule has 0 bridgehead atoms. The van der Waals surface area contributed by atoms with Gasteiger partial charge in [-0.15, -0.1) is 0 Å². The number of hydrogen-bond donors (Lipinski definition) is 1. The average Bonchev–Trinajstić information content (AvgIpc) is 3.10. The van der Waals surface area contributed by atoms with Crippen LogP contribution in [0, 0.1) is 11.8 Å². The summed E-state index contributed by atoms with van der Waals surface area (Å²) in [5.74, 6) is 0.645. The first-order valence-corrected chi connectivity index (χ1v) is 9.50. The van der Waals surface area contributed by atoms with E-state index in [1.165, 1.54) is 16.8 Å². The molecule has 0 radical (unpaired) electrons. The summed E-state index contributed by atoms with van der Waals surface area (Å²) in [5, 5.41) is 9.37. The van der Waals surface area contributed by atoms with Crippen molar-refractivity contribution in [3.05, 3.63) is 47.0 Å². The standard InChI is InChI=1S/C21H27N3O4/c1-14(20(27)28-21(2,3)4)15-7-9-23(13-15)18-6-5-16(12-22-18)24-10-8-17(25)11-19(24)26/h5-6,8,10-12,14-15,25H,7,9,13H2,1-4H3/t14?,15-/m0/s1. The summed E-state index contributed by atoms with van der Waals surface area (Å²) < 4.78 is 6.94. The molecule has 7 heteroatoms. The largest absolute Gasteiger partial charge is 0.508 e. The van der Waals surface area contributed by atoms with Gasteiger partial charge in [-0.3, -0.25) is 14.2 Å². The van der Waals surface area contributed by atoms with Crippen molar-refractivity contribution >= 4 is 11.8 Å². The molecular formula is C21H27N3O4. The van der Waals surface area contributed by atoms with Crippen molar-refractivity contribution < 1.29 is 14.6 Å². The molecule has 2 aromatic rings. The number of esters is 1. The zero-order valence-electron chi connectivity index (χ0n) is 16.8. The number of nitrogens with zero attached hydrogens (tertiary/aromatic N) is 3. The number of pyridine rings is 2. The van der Waals surface area contributed by atoms with E-state index in [0.717, 1.165) is 31.4 Å². The Balaban J connectivity index is 1.67. The Kier molecular flexibility index (Phi) is 5.45. The van der Waals surface area contributed by atoms with Crippen molar-refractivity contribution in [1.29, 1.82) is 0 Å². The monoisotopic (exact) mass is 385 g/mol. The molecule has 0 saturated carbocycles. The zero-order valence-corrected chi connectivity index (χ0v) is 16.8. The number of ether oxygens (including phenoxy) is 1. The number of anilines is 1. The molecule has 3 rings (SSSR count). The van der Waals surface area contributed by atoms with Gasteiger partial charge in [0.05, 0.1) is 17.8 Å². The van der Waals surface area contributed by atoms with E-state index in [1.54, 1.807) is 6.20 Å². The van der Waals surface area contributed by atoms with E-state index < -0.39 is 5.60 Å². The van der Waals surface area contributed by atoms with Gasteiger partial charge in [0.1, 0.15) is 17.2 Å². The first-order chi connectivity index (χ1) is 13.1. The van der Waals surface area contributed by atoms with Crippen LogP contribution >= 0.6 is 0 Å². The highest BCUT2D eigenvalue weighted by molar-refractivity contribution is 5.73. The van der Waals surface area contributed by atoms with E-state index in [1.807, 2.05) is 39.8 Å². The Morgan fingerprint density at radius 3 is 2.68 bits per heavy atom. The van der Waals surface area contributed by atoms with Crippen LogP contribution in [0.15, 0.2) is 41.5 Å². The molecule has 1 unspecified atom stereocenters. The fourth-order valence-electron chi connectivity index (χ4n) is 3.38. The van der Waals surface area contributed by atoms with Crippen LogP contribution in [0.2, 0.25) is 0 Å². The van der Waals surface area contributed by atoms with Gasteiger partial charge >= 0.3 is 5.97 Å².